The summed E-state index contributed by atoms with van der Waals surface area (Å²) in [5, 5.41) is 4.22. The van der Waals surface area contributed by atoms with Crippen LogP contribution in [0.3, 0.4) is 0 Å². The molecule has 2 rings (SSSR count). The molecule has 0 aliphatic carbocycles. The van der Waals surface area contributed by atoms with E-state index in [9.17, 15) is 0 Å². The minimum Gasteiger partial charge on any atom is -0.362 e. The van der Waals surface area contributed by atoms with Gasteiger partial charge in [-0.15, -0.1) is 11.3 Å². The summed E-state index contributed by atoms with van der Waals surface area (Å²) >= 11 is 1.71. The molecule has 4 nitrogen and oxygen atoms in total. The summed E-state index contributed by atoms with van der Waals surface area (Å²) in [7, 11) is 0. The lowest BCUT2D eigenvalue weighted by atomic mass is 10.2. The zero-order valence-electron chi connectivity index (χ0n) is 10.5. The van der Waals surface area contributed by atoms with Crippen molar-refractivity contribution in [1.29, 1.82) is 0 Å². The molecule has 0 bridgehead atoms. The number of rotatable bonds is 5. The molecule has 17 heavy (non-hydrogen) atoms. The number of aromatic nitrogens is 3. The second-order valence-corrected chi connectivity index (χ2v) is 5.35. The third kappa shape index (κ3) is 2.85. The van der Waals surface area contributed by atoms with E-state index in [1.807, 2.05) is 18.6 Å². The van der Waals surface area contributed by atoms with Crippen LogP contribution in [-0.4, -0.2) is 21.1 Å². The van der Waals surface area contributed by atoms with Gasteiger partial charge in [0.05, 0.1) is 6.54 Å². The van der Waals surface area contributed by atoms with Crippen molar-refractivity contribution in [3.05, 3.63) is 29.3 Å². The molecule has 0 saturated carbocycles. The first-order valence-electron chi connectivity index (χ1n) is 5.90. The van der Waals surface area contributed by atoms with Gasteiger partial charge in [0.15, 0.2) is 5.13 Å². The summed E-state index contributed by atoms with van der Waals surface area (Å²) < 4.78 is 2.19. The molecule has 0 aliphatic rings. The van der Waals surface area contributed by atoms with Crippen LogP contribution in [-0.2, 0) is 6.54 Å². The highest BCUT2D eigenvalue weighted by atomic mass is 32.1. The molecule has 0 saturated heterocycles. The minimum atomic E-state index is 0.450. The van der Waals surface area contributed by atoms with E-state index in [1.54, 1.807) is 11.3 Å². The number of anilines is 1. The minimum absolute atomic E-state index is 0.450. The first-order chi connectivity index (χ1) is 8.20. The maximum atomic E-state index is 4.39. The van der Waals surface area contributed by atoms with Crippen LogP contribution in [0.2, 0.25) is 0 Å². The molecule has 0 aliphatic heterocycles. The lowest BCUT2D eigenvalue weighted by molar-refractivity contribution is 0.674. The fraction of sp³-hybridized carbons (Fsp3) is 0.500. The zero-order valence-corrected chi connectivity index (χ0v) is 11.3. The number of nitrogens with one attached hydrogen (secondary N) is 1. The Bertz CT molecular complexity index is 472. The largest absolute Gasteiger partial charge is 0.362 e. The Balaban J connectivity index is 2.11. The van der Waals surface area contributed by atoms with E-state index in [-0.39, 0.29) is 0 Å². The Morgan fingerprint density at radius 1 is 1.41 bits per heavy atom. The van der Waals surface area contributed by atoms with Crippen LogP contribution in [0.1, 0.15) is 37.4 Å². The molecule has 2 aromatic rings. The van der Waals surface area contributed by atoms with Gasteiger partial charge in [-0.25, -0.2) is 9.97 Å². The highest BCUT2D eigenvalue weighted by molar-refractivity contribution is 7.15. The van der Waals surface area contributed by atoms with Crippen molar-refractivity contribution in [2.24, 2.45) is 0 Å². The molecule has 0 radical (unpaired) electrons. The lowest BCUT2D eigenvalue weighted by Crippen LogP contribution is -2.04. The van der Waals surface area contributed by atoms with Gasteiger partial charge < -0.3 is 9.88 Å². The summed E-state index contributed by atoms with van der Waals surface area (Å²) in [5.74, 6) is 1.58. The molecule has 5 heteroatoms. The van der Waals surface area contributed by atoms with Gasteiger partial charge in [0.1, 0.15) is 5.82 Å². The van der Waals surface area contributed by atoms with Gasteiger partial charge in [-0.2, -0.15) is 0 Å². The average Bonchev–Trinajstić information content (AvgIpc) is 2.89. The Hall–Kier alpha value is -1.36. The van der Waals surface area contributed by atoms with E-state index in [4.69, 9.17) is 0 Å². The van der Waals surface area contributed by atoms with E-state index in [1.165, 1.54) is 4.88 Å². The van der Waals surface area contributed by atoms with Crippen LogP contribution < -0.4 is 5.32 Å². The van der Waals surface area contributed by atoms with Gasteiger partial charge in [-0.1, -0.05) is 13.8 Å². The maximum absolute atomic E-state index is 4.39. The second kappa shape index (κ2) is 5.31. The van der Waals surface area contributed by atoms with E-state index in [0.717, 1.165) is 24.0 Å². The fourth-order valence-corrected chi connectivity index (χ4v) is 2.62. The van der Waals surface area contributed by atoms with Crippen LogP contribution in [0.4, 0.5) is 5.13 Å². The normalized spacial score (nSPS) is 11.1. The Morgan fingerprint density at radius 2 is 2.24 bits per heavy atom. The zero-order chi connectivity index (χ0) is 12.3. The monoisotopic (exact) mass is 250 g/mol. The Labute approximate surface area is 106 Å². The topological polar surface area (TPSA) is 42.7 Å². The number of thiazole rings is 1. The van der Waals surface area contributed by atoms with E-state index >= 15 is 0 Å². The van der Waals surface area contributed by atoms with Gasteiger partial charge in [0.25, 0.3) is 0 Å². The molecule has 0 unspecified atom stereocenters. The van der Waals surface area contributed by atoms with Crippen LogP contribution in [0.15, 0.2) is 18.6 Å². The predicted octanol–water partition coefficient (Wildman–Crippen LogP) is 2.94. The highest BCUT2D eigenvalue weighted by Gasteiger charge is 2.09. The first kappa shape index (κ1) is 12.1. The Morgan fingerprint density at radius 3 is 2.94 bits per heavy atom. The van der Waals surface area contributed by atoms with Crippen molar-refractivity contribution < 1.29 is 0 Å². The van der Waals surface area contributed by atoms with Crippen molar-refractivity contribution >= 4 is 16.5 Å². The number of hydrogen-bond donors (Lipinski definition) is 1. The quantitative estimate of drug-likeness (QED) is 0.887. The summed E-state index contributed by atoms with van der Waals surface area (Å²) in [6, 6.07) is 0. The molecule has 2 aromatic heterocycles. The van der Waals surface area contributed by atoms with Gasteiger partial charge in [-0.3, -0.25) is 0 Å². The molecule has 0 amide bonds. The van der Waals surface area contributed by atoms with Crippen LogP contribution in [0, 0.1) is 0 Å². The molecule has 0 fully saturated rings. The SMILES string of the molecule is CCNc1ncc(Cn2ccnc2C(C)C)s1. The van der Waals surface area contributed by atoms with Crippen molar-refractivity contribution in [3.8, 4) is 0 Å². The van der Waals surface area contributed by atoms with Crippen LogP contribution in [0.5, 0.6) is 0 Å². The van der Waals surface area contributed by atoms with E-state index in [2.05, 4.69) is 40.6 Å². The third-order valence-electron chi connectivity index (χ3n) is 2.47. The van der Waals surface area contributed by atoms with Gasteiger partial charge in [0, 0.05) is 35.9 Å². The maximum Gasteiger partial charge on any atom is 0.182 e. The van der Waals surface area contributed by atoms with E-state index < -0.39 is 0 Å². The second-order valence-electron chi connectivity index (χ2n) is 4.23. The molecule has 0 spiro atoms. The van der Waals surface area contributed by atoms with Crippen LogP contribution in [0.25, 0.3) is 0 Å². The summed E-state index contributed by atoms with van der Waals surface area (Å²) in [4.78, 5) is 9.97. The van der Waals surface area contributed by atoms with Gasteiger partial charge in [0.2, 0.25) is 0 Å². The molecule has 0 aromatic carbocycles. The molecule has 0 atom stereocenters. The van der Waals surface area contributed by atoms with Gasteiger partial charge in [-0.05, 0) is 6.92 Å². The molecule has 92 valence electrons. The molecule has 1 N–H and O–H groups in total. The average molecular weight is 250 g/mol. The predicted molar refractivity (Wildman–Crippen MR) is 71.7 cm³/mol. The Kier molecular flexibility index (Phi) is 3.78. The molecular weight excluding hydrogens is 232 g/mol. The number of imidazole rings is 1. The van der Waals surface area contributed by atoms with Crippen molar-refractivity contribution in [2.45, 2.75) is 33.2 Å². The first-order valence-corrected chi connectivity index (χ1v) is 6.72. The highest BCUT2D eigenvalue weighted by Crippen LogP contribution is 2.20. The summed E-state index contributed by atoms with van der Waals surface area (Å²) in [5.41, 5.74) is 0. The molecule has 2 heterocycles. The third-order valence-corrected chi connectivity index (χ3v) is 3.41. The number of nitrogens with zero attached hydrogens (tertiary/aromatic N) is 3. The van der Waals surface area contributed by atoms with Crippen LogP contribution >= 0.6 is 11.3 Å². The fourth-order valence-electron chi connectivity index (χ4n) is 1.74. The lowest BCUT2D eigenvalue weighted by Gasteiger charge is -2.08. The number of hydrogen-bond acceptors (Lipinski definition) is 4. The smallest absolute Gasteiger partial charge is 0.182 e. The molecular formula is C12H18N4S. The summed E-state index contributed by atoms with van der Waals surface area (Å²) in [6.45, 7) is 8.17. The van der Waals surface area contributed by atoms with Crippen molar-refractivity contribution in [1.82, 2.24) is 14.5 Å². The van der Waals surface area contributed by atoms with Crippen molar-refractivity contribution in [2.75, 3.05) is 11.9 Å². The standard InChI is InChI=1S/C12H18N4S/c1-4-13-12-15-7-10(17-12)8-16-6-5-14-11(16)9(2)3/h5-7,9H,4,8H2,1-3H3,(H,13,15). The van der Waals surface area contributed by atoms with Gasteiger partial charge >= 0.3 is 0 Å². The summed E-state index contributed by atoms with van der Waals surface area (Å²) in [6.07, 6.45) is 5.83. The van der Waals surface area contributed by atoms with Crippen molar-refractivity contribution in [3.63, 3.8) is 0 Å². The van der Waals surface area contributed by atoms with E-state index in [0.29, 0.717) is 5.92 Å².